The van der Waals surface area contributed by atoms with Crippen molar-refractivity contribution < 1.29 is 17.9 Å². The van der Waals surface area contributed by atoms with E-state index >= 15 is 0 Å². The smallest absolute Gasteiger partial charge is 0.378 e. The first-order valence-corrected chi connectivity index (χ1v) is 7.45. The fourth-order valence-corrected chi connectivity index (χ4v) is 3.23. The van der Waals surface area contributed by atoms with Gasteiger partial charge in [0.25, 0.3) is 0 Å². The van der Waals surface area contributed by atoms with Crippen LogP contribution in [0.15, 0.2) is 18.2 Å². The molecule has 3 nitrogen and oxygen atoms in total. The summed E-state index contributed by atoms with van der Waals surface area (Å²) in [6.45, 7) is 2.34. The summed E-state index contributed by atoms with van der Waals surface area (Å²) in [5, 5.41) is 0. The Hall–Kier alpha value is -1.30. The number of halogens is 3. The van der Waals surface area contributed by atoms with Crippen molar-refractivity contribution in [1.29, 1.82) is 0 Å². The first-order chi connectivity index (χ1) is 10.0. The molecule has 3 rings (SSSR count). The van der Waals surface area contributed by atoms with Crippen molar-refractivity contribution >= 4 is 5.82 Å². The molecule has 1 atom stereocenters. The molecule has 2 aliphatic rings. The summed E-state index contributed by atoms with van der Waals surface area (Å²) >= 11 is 0. The van der Waals surface area contributed by atoms with Crippen molar-refractivity contribution in [3.05, 3.63) is 23.9 Å². The lowest BCUT2D eigenvalue weighted by molar-refractivity contribution is -0.141. The molecule has 2 saturated heterocycles. The van der Waals surface area contributed by atoms with Gasteiger partial charge in [-0.2, -0.15) is 13.2 Å². The van der Waals surface area contributed by atoms with Gasteiger partial charge in [0.2, 0.25) is 0 Å². The van der Waals surface area contributed by atoms with Crippen LogP contribution in [0.2, 0.25) is 0 Å². The lowest BCUT2D eigenvalue weighted by Gasteiger charge is -2.35. The zero-order chi connectivity index (χ0) is 14.9. The van der Waals surface area contributed by atoms with Gasteiger partial charge in [-0.05, 0) is 43.7 Å². The van der Waals surface area contributed by atoms with Crippen LogP contribution >= 0.6 is 0 Å². The molecule has 0 aromatic carbocycles. The highest BCUT2D eigenvalue weighted by atomic mass is 19.4. The van der Waals surface area contributed by atoms with E-state index in [1.165, 1.54) is 6.07 Å². The molecule has 1 aromatic rings. The fourth-order valence-electron chi connectivity index (χ4n) is 3.23. The molecule has 6 heteroatoms. The Balaban J connectivity index is 1.64. The third-order valence-electron chi connectivity index (χ3n) is 4.38. The fraction of sp³-hybridized carbons (Fsp3) is 0.667. The van der Waals surface area contributed by atoms with Crippen LogP contribution < -0.4 is 4.90 Å². The molecule has 1 unspecified atom stereocenters. The predicted octanol–water partition coefficient (Wildman–Crippen LogP) is 3.50. The average molecular weight is 300 g/mol. The number of nitrogens with zero attached hydrogens (tertiary/aromatic N) is 2. The highest BCUT2D eigenvalue weighted by molar-refractivity contribution is 5.40. The van der Waals surface area contributed by atoms with Crippen molar-refractivity contribution in [2.24, 2.45) is 5.92 Å². The number of ether oxygens (including phenoxy) is 1. The highest BCUT2D eigenvalue weighted by Crippen LogP contribution is 2.32. The second kappa shape index (κ2) is 5.83. The molecule has 0 bridgehead atoms. The molecule has 0 radical (unpaired) electrons. The van der Waals surface area contributed by atoms with E-state index in [1.54, 1.807) is 6.07 Å². The Kier molecular flexibility index (Phi) is 4.06. The van der Waals surface area contributed by atoms with Gasteiger partial charge in [0.05, 0.1) is 6.10 Å². The minimum atomic E-state index is -4.38. The van der Waals surface area contributed by atoms with Gasteiger partial charge in [0, 0.05) is 19.7 Å². The summed E-state index contributed by atoms with van der Waals surface area (Å²) in [6, 6.07) is 4.10. The Morgan fingerprint density at radius 2 is 1.90 bits per heavy atom. The Morgan fingerprint density at radius 3 is 2.52 bits per heavy atom. The normalized spacial score (nSPS) is 24.5. The molecule has 1 aromatic heterocycles. The van der Waals surface area contributed by atoms with Crippen molar-refractivity contribution in [1.82, 2.24) is 4.98 Å². The molecule has 2 aliphatic heterocycles. The van der Waals surface area contributed by atoms with Crippen LogP contribution in [0.3, 0.4) is 0 Å². The molecule has 0 amide bonds. The second-order valence-corrected chi connectivity index (χ2v) is 5.75. The summed E-state index contributed by atoms with van der Waals surface area (Å²) in [6.07, 6.45) is 0.130. The third kappa shape index (κ3) is 3.31. The first kappa shape index (κ1) is 14.6. The maximum absolute atomic E-state index is 12.7. The quantitative estimate of drug-likeness (QED) is 0.836. The monoisotopic (exact) mass is 300 g/mol. The highest BCUT2D eigenvalue weighted by Gasteiger charge is 2.34. The second-order valence-electron chi connectivity index (χ2n) is 5.75. The van der Waals surface area contributed by atoms with Crippen molar-refractivity contribution in [3.63, 3.8) is 0 Å². The number of rotatable bonds is 2. The van der Waals surface area contributed by atoms with Crippen molar-refractivity contribution in [2.75, 3.05) is 24.6 Å². The lowest BCUT2D eigenvalue weighted by atomic mass is 9.90. The summed E-state index contributed by atoms with van der Waals surface area (Å²) in [7, 11) is 0. The predicted molar refractivity (Wildman–Crippen MR) is 73.2 cm³/mol. The van der Waals surface area contributed by atoms with Gasteiger partial charge in [0.15, 0.2) is 0 Å². The molecule has 0 N–H and O–H groups in total. The Labute approximate surface area is 122 Å². The zero-order valence-electron chi connectivity index (χ0n) is 11.8. The first-order valence-electron chi connectivity index (χ1n) is 7.45. The molecular formula is C15H19F3N2O. The summed E-state index contributed by atoms with van der Waals surface area (Å²) < 4.78 is 43.8. The molecule has 3 heterocycles. The SMILES string of the molecule is FC(F)(F)c1cccc(N2CCC(C3CCCO3)CC2)n1. The molecule has 0 spiro atoms. The number of piperidine rings is 1. The minimum Gasteiger partial charge on any atom is -0.378 e. The molecule has 116 valence electrons. The standard InChI is InChI=1S/C15H19F3N2O/c16-15(17,18)13-4-1-5-14(19-13)20-8-6-11(7-9-20)12-3-2-10-21-12/h1,4-5,11-12H,2-3,6-10H2. The Bertz CT molecular complexity index is 478. The summed E-state index contributed by atoms with van der Waals surface area (Å²) in [4.78, 5) is 5.71. The summed E-state index contributed by atoms with van der Waals surface area (Å²) in [5.41, 5.74) is -0.818. The minimum absolute atomic E-state index is 0.349. The van der Waals surface area contributed by atoms with Crippen molar-refractivity contribution in [2.45, 2.75) is 38.0 Å². The number of anilines is 1. The average Bonchev–Trinajstić information content (AvgIpc) is 3.01. The third-order valence-corrected chi connectivity index (χ3v) is 4.38. The van der Waals surface area contributed by atoms with E-state index in [4.69, 9.17) is 4.74 Å². The van der Waals surface area contributed by atoms with Crippen molar-refractivity contribution in [3.8, 4) is 0 Å². The van der Waals surface area contributed by atoms with Crippen LogP contribution in [-0.2, 0) is 10.9 Å². The van der Waals surface area contributed by atoms with Crippen LogP contribution in [0.25, 0.3) is 0 Å². The van der Waals surface area contributed by atoms with Crippen LogP contribution in [0.4, 0.5) is 19.0 Å². The molecule has 2 fully saturated rings. The van der Waals surface area contributed by atoms with Gasteiger partial charge in [0.1, 0.15) is 11.5 Å². The van der Waals surface area contributed by atoms with Crippen LogP contribution in [0, 0.1) is 5.92 Å². The number of aromatic nitrogens is 1. The van der Waals surface area contributed by atoms with E-state index in [0.717, 1.165) is 51.4 Å². The molecular weight excluding hydrogens is 281 g/mol. The van der Waals surface area contributed by atoms with E-state index in [9.17, 15) is 13.2 Å². The number of pyridine rings is 1. The van der Waals surface area contributed by atoms with Crippen LogP contribution in [0.5, 0.6) is 0 Å². The number of hydrogen-bond donors (Lipinski definition) is 0. The van der Waals surface area contributed by atoms with E-state index in [2.05, 4.69) is 4.98 Å². The van der Waals surface area contributed by atoms with E-state index in [0.29, 0.717) is 17.8 Å². The maximum Gasteiger partial charge on any atom is 0.433 e. The van der Waals surface area contributed by atoms with Gasteiger partial charge in [-0.3, -0.25) is 0 Å². The molecule has 21 heavy (non-hydrogen) atoms. The summed E-state index contributed by atoms with van der Waals surface area (Å²) in [5.74, 6) is 0.963. The van der Waals surface area contributed by atoms with Gasteiger partial charge >= 0.3 is 6.18 Å². The van der Waals surface area contributed by atoms with E-state index in [-0.39, 0.29) is 0 Å². The largest absolute Gasteiger partial charge is 0.433 e. The van der Waals surface area contributed by atoms with Crippen LogP contribution in [-0.4, -0.2) is 30.8 Å². The number of alkyl halides is 3. The molecule has 0 saturated carbocycles. The van der Waals surface area contributed by atoms with E-state index in [1.807, 2.05) is 4.90 Å². The lowest BCUT2D eigenvalue weighted by Crippen LogP contribution is -2.38. The maximum atomic E-state index is 12.7. The van der Waals surface area contributed by atoms with Gasteiger partial charge < -0.3 is 9.64 Å². The topological polar surface area (TPSA) is 25.4 Å². The van der Waals surface area contributed by atoms with Gasteiger partial charge in [-0.25, -0.2) is 4.98 Å². The van der Waals surface area contributed by atoms with Gasteiger partial charge in [-0.1, -0.05) is 6.07 Å². The molecule has 0 aliphatic carbocycles. The van der Waals surface area contributed by atoms with Gasteiger partial charge in [-0.15, -0.1) is 0 Å². The Morgan fingerprint density at radius 1 is 1.14 bits per heavy atom. The van der Waals surface area contributed by atoms with E-state index < -0.39 is 11.9 Å². The number of hydrogen-bond acceptors (Lipinski definition) is 3. The van der Waals surface area contributed by atoms with Crippen LogP contribution in [0.1, 0.15) is 31.4 Å². The zero-order valence-corrected chi connectivity index (χ0v) is 11.8.